The summed E-state index contributed by atoms with van der Waals surface area (Å²) in [6.45, 7) is 0. The number of nitrogens with zero attached hydrogens (tertiary/aromatic N) is 1. The molecule has 0 fully saturated rings. The van der Waals surface area contributed by atoms with E-state index >= 15 is 0 Å². The largest absolute Gasteiger partial charge is 0.317 e. The van der Waals surface area contributed by atoms with Crippen molar-refractivity contribution in [3.8, 4) is 6.07 Å². The quantitative estimate of drug-likeness (QED) is 0.723. The van der Waals surface area contributed by atoms with Crippen molar-refractivity contribution in [3.63, 3.8) is 0 Å². The van der Waals surface area contributed by atoms with Crippen LogP contribution >= 0.6 is 34.7 Å². The van der Waals surface area contributed by atoms with Crippen molar-refractivity contribution in [2.75, 3.05) is 11.1 Å². The van der Waals surface area contributed by atoms with Crippen LogP contribution in [0.4, 0.5) is 5.00 Å². The van der Waals surface area contributed by atoms with Gasteiger partial charge in [-0.3, -0.25) is 4.79 Å². The standard InChI is InChI=1S/C18H17ClN2OS2/c19-14-6-2-4-8-16(14)23-10-9-17(22)21-18-13(11-20)12-5-1-3-7-15(12)24-18/h2,4,6,8H,1,3,5,7,9-10H2,(H,21,22). The van der Waals surface area contributed by atoms with Gasteiger partial charge >= 0.3 is 0 Å². The average molecular weight is 377 g/mol. The maximum Gasteiger partial charge on any atom is 0.225 e. The molecule has 1 amide bonds. The first-order valence-electron chi connectivity index (χ1n) is 7.91. The number of rotatable bonds is 5. The predicted molar refractivity (Wildman–Crippen MR) is 101 cm³/mol. The summed E-state index contributed by atoms with van der Waals surface area (Å²) in [5.74, 6) is 0.604. The molecule has 0 atom stereocenters. The van der Waals surface area contributed by atoms with E-state index in [9.17, 15) is 10.1 Å². The van der Waals surface area contributed by atoms with E-state index in [2.05, 4.69) is 11.4 Å². The predicted octanol–water partition coefficient (Wildman–Crippen LogP) is 5.27. The van der Waals surface area contributed by atoms with E-state index < -0.39 is 0 Å². The molecule has 1 aromatic carbocycles. The Labute approximate surface area is 155 Å². The summed E-state index contributed by atoms with van der Waals surface area (Å²) >= 11 is 9.24. The molecule has 1 aliphatic rings. The Morgan fingerprint density at radius 2 is 2.12 bits per heavy atom. The molecule has 0 radical (unpaired) electrons. The average Bonchev–Trinajstić information content (AvgIpc) is 2.93. The van der Waals surface area contributed by atoms with Gasteiger partial charge < -0.3 is 5.32 Å². The van der Waals surface area contributed by atoms with E-state index in [1.54, 1.807) is 23.1 Å². The van der Waals surface area contributed by atoms with Crippen LogP contribution in [0.3, 0.4) is 0 Å². The number of benzene rings is 1. The van der Waals surface area contributed by atoms with E-state index in [0.29, 0.717) is 22.8 Å². The lowest BCUT2D eigenvalue weighted by Gasteiger charge is -2.09. The molecule has 0 saturated carbocycles. The monoisotopic (exact) mass is 376 g/mol. The molecule has 124 valence electrons. The lowest BCUT2D eigenvalue weighted by molar-refractivity contribution is -0.115. The minimum Gasteiger partial charge on any atom is -0.317 e. The minimum absolute atomic E-state index is 0.0512. The van der Waals surface area contributed by atoms with Crippen molar-refractivity contribution < 1.29 is 4.79 Å². The molecule has 2 aromatic rings. The zero-order valence-electron chi connectivity index (χ0n) is 13.1. The zero-order valence-corrected chi connectivity index (χ0v) is 15.5. The van der Waals surface area contributed by atoms with Crippen LogP contribution in [0, 0.1) is 11.3 Å². The van der Waals surface area contributed by atoms with Gasteiger partial charge in [0.25, 0.3) is 0 Å². The van der Waals surface area contributed by atoms with Gasteiger partial charge in [0.2, 0.25) is 5.91 Å². The molecule has 0 spiro atoms. The van der Waals surface area contributed by atoms with Crippen molar-refractivity contribution in [3.05, 3.63) is 45.3 Å². The van der Waals surface area contributed by atoms with Crippen LogP contribution in [-0.4, -0.2) is 11.7 Å². The van der Waals surface area contributed by atoms with Crippen molar-refractivity contribution in [2.24, 2.45) is 0 Å². The maximum atomic E-state index is 12.2. The summed E-state index contributed by atoms with van der Waals surface area (Å²) in [5, 5.41) is 13.8. The lowest BCUT2D eigenvalue weighted by Crippen LogP contribution is -2.12. The molecule has 24 heavy (non-hydrogen) atoms. The van der Waals surface area contributed by atoms with Crippen LogP contribution in [0.1, 0.15) is 35.3 Å². The fourth-order valence-corrected chi connectivity index (χ4v) is 5.22. The number of carbonyl (C=O) groups is 1. The Kier molecular flexibility index (Phi) is 5.83. The molecule has 0 unspecified atom stereocenters. The number of nitriles is 1. The number of anilines is 1. The number of hydrogen-bond acceptors (Lipinski definition) is 4. The molecule has 1 N–H and O–H groups in total. The first-order valence-corrected chi connectivity index (χ1v) is 10.1. The third-order valence-corrected chi connectivity index (χ3v) is 6.68. The summed E-state index contributed by atoms with van der Waals surface area (Å²) in [7, 11) is 0. The van der Waals surface area contributed by atoms with E-state index in [-0.39, 0.29) is 5.91 Å². The van der Waals surface area contributed by atoms with Crippen molar-refractivity contribution >= 4 is 45.6 Å². The molecule has 0 saturated heterocycles. The molecule has 3 rings (SSSR count). The second-order valence-electron chi connectivity index (χ2n) is 5.60. The third kappa shape index (κ3) is 3.94. The number of thiophene rings is 1. The van der Waals surface area contributed by atoms with Crippen LogP contribution in [-0.2, 0) is 17.6 Å². The topological polar surface area (TPSA) is 52.9 Å². The normalized spacial score (nSPS) is 13.2. The van der Waals surface area contributed by atoms with Gasteiger partial charge in [-0.1, -0.05) is 23.7 Å². The van der Waals surface area contributed by atoms with Crippen LogP contribution in [0.5, 0.6) is 0 Å². The van der Waals surface area contributed by atoms with Crippen molar-refractivity contribution in [2.45, 2.75) is 37.0 Å². The Morgan fingerprint density at radius 1 is 1.33 bits per heavy atom. The molecular weight excluding hydrogens is 360 g/mol. The smallest absolute Gasteiger partial charge is 0.225 e. The molecule has 1 aromatic heterocycles. The van der Waals surface area contributed by atoms with Gasteiger partial charge in [0.15, 0.2) is 0 Å². The zero-order chi connectivity index (χ0) is 16.9. The van der Waals surface area contributed by atoms with Crippen LogP contribution in [0.15, 0.2) is 29.2 Å². The van der Waals surface area contributed by atoms with Crippen LogP contribution in [0.2, 0.25) is 5.02 Å². The fraction of sp³-hybridized carbons (Fsp3) is 0.333. The number of aryl methyl sites for hydroxylation is 1. The molecule has 0 aliphatic heterocycles. The number of halogens is 1. The van der Waals surface area contributed by atoms with Crippen LogP contribution < -0.4 is 5.32 Å². The molecule has 1 aliphatic carbocycles. The molecular formula is C18H17ClN2OS2. The highest BCUT2D eigenvalue weighted by atomic mass is 35.5. The third-order valence-electron chi connectivity index (χ3n) is 3.96. The summed E-state index contributed by atoms with van der Waals surface area (Å²) in [6, 6.07) is 9.89. The maximum absolute atomic E-state index is 12.2. The minimum atomic E-state index is -0.0512. The summed E-state index contributed by atoms with van der Waals surface area (Å²) in [4.78, 5) is 14.5. The van der Waals surface area contributed by atoms with Crippen molar-refractivity contribution in [1.29, 1.82) is 5.26 Å². The fourth-order valence-electron chi connectivity index (χ4n) is 2.78. The molecule has 6 heteroatoms. The summed E-state index contributed by atoms with van der Waals surface area (Å²) in [5.41, 5.74) is 1.82. The molecule has 1 heterocycles. The highest BCUT2D eigenvalue weighted by Crippen LogP contribution is 2.37. The second kappa shape index (κ2) is 8.06. The highest BCUT2D eigenvalue weighted by Gasteiger charge is 2.21. The van der Waals surface area contributed by atoms with Gasteiger partial charge in [0, 0.05) is 21.9 Å². The van der Waals surface area contributed by atoms with Gasteiger partial charge in [-0.05, 0) is 43.4 Å². The number of fused-ring (bicyclic) bond motifs is 1. The van der Waals surface area contributed by atoms with Crippen LogP contribution in [0.25, 0.3) is 0 Å². The highest BCUT2D eigenvalue weighted by molar-refractivity contribution is 7.99. The van der Waals surface area contributed by atoms with E-state index in [1.807, 2.05) is 24.3 Å². The van der Waals surface area contributed by atoms with Gasteiger partial charge in [-0.25, -0.2) is 0 Å². The first kappa shape index (κ1) is 17.3. The Balaban J connectivity index is 1.58. The van der Waals surface area contributed by atoms with E-state index in [0.717, 1.165) is 34.7 Å². The Bertz CT molecular complexity index is 795. The lowest BCUT2D eigenvalue weighted by atomic mass is 9.96. The second-order valence-corrected chi connectivity index (χ2v) is 8.25. The number of thioether (sulfide) groups is 1. The molecule has 0 bridgehead atoms. The Morgan fingerprint density at radius 3 is 2.92 bits per heavy atom. The van der Waals surface area contributed by atoms with Gasteiger partial charge in [-0.15, -0.1) is 23.1 Å². The van der Waals surface area contributed by atoms with Crippen molar-refractivity contribution in [1.82, 2.24) is 0 Å². The summed E-state index contributed by atoms with van der Waals surface area (Å²) < 4.78 is 0. The number of amides is 1. The van der Waals surface area contributed by atoms with E-state index in [1.165, 1.54) is 11.3 Å². The number of carbonyl (C=O) groups excluding carboxylic acids is 1. The summed E-state index contributed by atoms with van der Waals surface area (Å²) in [6.07, 6.45) is 4.66. The van der Waals surface area contributed by atoms with Gasteiger partial charge in [0.05, 0.1) is 10.6 Å². The van der Waals surface area contributed by atoms with E-state index in [4.69, 9.17) is 11.6 Å². The first-order chi connectivity index (χ1) is 11.7. The Hall–Kier alpha value is -1.48. The van der Waals surface area contributed by atoms with Gasteiger partial charge in [0.1, 0.15) is 11.1 Å². The number of nitrogens with one attached hydrogen (secondary N) is 1. The number of hydrogen-bond donors (Lipinski definition) is 1. The van der Waals surface area contributed by atoms with Gasteiger partial charge in [-0.2, -0.15) is 5.26 Å². The SMILES string of the molecule is N#Cc1c(NC(=O)CCSc2ccccc2Cl)sc2c1CCCC2. The molecule has 3 nitrogen and oxygen atoms in total.